The van der Waals surface area contributed by atoms with Crippen LogP contribution in [0.3, 0.4) is 0 Å². The maximum absolute atomic E-state index is 10.0. The molecule has 0 saturated heterocycles. The molecule has 0 unspecified atom stereocenters. The molecule has 0 radical (unpaired) electrons. The van der Waals surface area contributed by atoms with Gasteiger partial charge < -0.3 is 14.6 Å². The highest BCUT2D eigenvalue weighted by atomic mass is 79.9. The van der Waals surface area contributed by atoms with E-state index in [-0.39, 0.29) is 0 Å². The Bertz CT molecular complexity index is 479. The predicted molar refractivity (Wildman–Crippen MR) is 76.8 cm³/mol. The maximum Gasteiger partial charge on any atom is 0.175 e. The zero-order valence-corrected chi connectivity index (χ0v) is 12.7. The summed E-state index contributed by atoms with van der Waals surface area (Å²) in [5, 5.41) is 10.0. The molecule has 0 atom stereocenters. The third-order valence-corrected chi connectivity index (χ3v) is 4.40. The molecule has 3 rings (SSSR count). The van der Waals surface area contributed by atoms with Crippen LogP contribution < -0.4 is 9.47 Å². The van der Waals surface area contributed by atoms with Gasteiger partial charge in [-0.05, 0) is 65.2 Å². The average Bonchev–Trinajstić information content (AvgIpc) is 3.26. The molecular weight excluding hydrogens is 308 g/mol. The van der Waals surface area contributed by atoms with Gasteiger partial charge >= 0.3 is 0 Å². The minimum atomic E-state index is -0.485. The number of benzene rings is 1. The van der Waals surface area contributed by atoms with Crippen LogP contribution in [-0.2, 0) is 6.42 Å². The zero-order valence-electron chi connectivity index (χ0n) is 11.1. The fourth-order valence-corrected chi connectivity index (χ4v) is 2.81. The van der Waals surface area contributed by atoms with E-state index in [2.05, 4.69) is 15.9 Å². The Morgan fingerprint density at radius 3 is 2.68 bits per heavy atom. The van der Waals surface area contributed by atoms with E-state index in [4.69, 9.17) is 9.47 Å². The van der Waals surface area contributed by atoms with Crippen LogP contribution in [0.2, 0.25) is 0 Å². The number of hydrogen-bond acceptors (Lipinski definition) is 3. The molecule has 0 aromatic heterocycles. The summed E-state index contributed by atoms with van der Waals surface area (Å²) in [7, 11) is 1.65. The minimum absolute atomic E-state index is 0.485. The van der Waals surface area contributed by atoms with Gasteiger partial charge in [0.05, 0.1) is 23.8 Å². The quantitative estimate of drug-likeness (QED) is 0.871. The molecule has 0 heterocycles. The molecule has 0 spiro atoms. The third kappa shape index (κ3) is 3.23. The topological polar surface area (TPSA) is 38.7 Å². The Hall–Kier alpha value is -0.740. The SMILES string of the molecule is COc1cc(CC2(O)CC2)cc(Br)c1OCC1CC1. The Morgan fingerprint density at radius 1 is 1.37 bits per heavy atom. The van der Waals surface area contributed by atoms with Crippen molar-refractivity contribution in [3.63, 3.8) is 0 Å². The fraction of sp³-hybridized carbons (Fsp3) is 0.600. The average molecular weight is 327 g/mol. The van der Waals surface area contributed by atoms with Crippen molar-refractivity contribution in [2.24, 2.45) is 5.92 Å². The second-order valence-electron chi connectivity index (χ2n) is 5.76. The fourth-order valence-electron chi connectivity index (χ4n) is 2.20. The first-order chi connectivity index (χ1) is 9.09. The summed E-state index contributed by atoms with van der Waals surface area (Å²) in [6.45, 7) is 0.762. The number of ether oxygens (including phenoxy) is 2. The molecular formula is C15H19BrO3. The van der Waals surface area contributed by atoms with Gasteiger partial charge in [-0.3, -0.25) is 0 Å². The van der Waals surface area contributed by atoms with Crippen molar-refractivity contribution in [3.05, 3.63) is 22.2 Å². The Labute approximate surface area is 122 Å². The van der Waals surface area contributed by atoms with Crippen molar-refractivity contribution in [2.45, 2.75) is 37.7 Å². The summed E-state index contributed by atoms with van der Waals surface area (Å²) < 4.78 is 12.2. The van der Waals surface area contributed by atoms with E-state index in [1.807, 2.05) is 12.1 Å². The highest BCUT2D eigenvalue weighted by molar-refractivity contribution is 9.10. The molecule has 1 aromatic carbocycles. The summed E-state index contributed by atoms with van der Waals surface area (Å²) in [6, 6.07) is 4.00. The van der Waals surface area contributed by atoms with Gasteiger partial charge in [0.2, 0.25) is 0 Å². The first-order valence-electron chi connectivity index (χ1n) is 6.81. The van der Waals surface area contributed by atoms with E-state index >= 15 is 0 Å². The van der Waals surface area contributed by atoms with Crippen molar-refractivity contribution < 1.29 is 14.6 Å². The van der Waals surface area contributed by atoms with Crippen LogP contribution in [0.5, 0.6) is 11.5 Å². The van der Waals surface area contributed by atoms with Crippen LogP contribution >= 0.6 is 15.9 Å². The summed E-state index contributed by atoms with van der Waals surface area (Å²) in [6.07, 6.45) is 5.01. The first kappa shape index (κ1) is 13.3. The second kappa shape index (κ2) is 4.98. The van der Waals surface area contributed by atoms with Crippen LogP contribution in [0.15, 0.2) is 16.6 Å². The number of hydrogen-bond donors (Lipinski definition) is 1. The van der Waals surface area contributed by atoms with E-state index in [1.165, 1.54) is 12.8 Å². The molecule has 2 fully saturated rings. The predicted octanol–water partition coefficient (Wildman–Crippen LogP) is 3.31. The first-order valence-corrected chi connectivity index (χ1v) is 7.60. The molecule has 2 aliphatic rings. The molecule has 0 aliphatic heterocycles. The van der Waals surface area contributed by atoms with Crippen molar-refractivity contribution in [1.82, 2.24) is 0 Å². The molecule has 0 bridgehead atoms. The standard InChI is InChI=1S/C15H19BrO3/c1-18-13-7-11(8-15(17)4-5-15)6-12(16)14(13)19-9-10-2-3-10/h6-7,10,17H,2-5,8-9H2,1H3. The second-order valence-corrected chi connectivity index (χ2v) is 6.62. The molecule has 104 valence electrons. The third-order valence-electron chi connectivity index (χ3n) is 3.81. The summed E-state index contributed by atoms with van der Waals surface area (Å²) in [4.78, 5) is 0. The lowest BCUT2D eigenvalue weighted by atomic mass is 10.1. The van der Waals surface area contributed by atoms with Crippen molar-refractivity contribution in [1.29, 1.82) is 0 Å². The normalized spacial score (nSPS) is 20.2. The van der Waals surface area contributed by atoms with Crippen LogP contribution in [-0.4, -0.2) is 24.4 Å². The van der Waals surface area contributed by atoms with Crippen LogP contribution in [0.4, 0.5) is 0 Å². The molecule has 0 amide bonds. The Morgan fingerprint density at radius 2 is 2.11 bits per heavy atom. The minimum Gasteiger partial charge on any atom is -0.493 e. The van der Waals surface area contributed by atoms with Crippen molar-refractivity contribution in [2.75, 3.05) is 13.7 Å². The van der Waals surface area contributed by atoms with E-state index in [1.54, 1.807) is 7.11 Å². The summed E-state index contributed by atoms with van der Waals surface area (Å²) >= 11 is 3.55. The molecule has 1 N–H and O–H groups in total. The largest absolute Gasteiger partial charge is 0.493 e. The van der Waals surface area contributed by atoms with Gasteiger partial charge in [-0.15, -0.1) is 0 Å². The van der Waals surface area contributed by atoms with Gasteiger partial charge in [-0.2, -0.15) is 0 Å². The number of halogens is 1. The molecule has 1 aromatic rings. The lowest BCUT2D eigenvalue weighted by molar-refractivity contribution is 0.151. The Kier molecular flexibility index (Phi) is 3.48. The van der Waals surface area contributed by atoms with Crippen LogP contribution in [0, 0.1) is 5.92 Å². The van der Waals surface area contributed by atoms with Crippen molar-refractivity contribution in [3.8, 4) is 11.5 Å². The van der Waals surface area contributed by atoms with E-state index in [0.717, 1.165) is 41.0 Å². The molecule has 3 nitrogen and oxygen atoms in total. The number of aliphatic hydroxyl groups is 1. The molecule has 2 saturated carbocycles. The van der Waals surface area contributed by atoms with E-state index in [9.17, 15) is 5.11 Å². The maximum atomic E-state index is 10.0. The molecule has 19 heavy (non-hydrogen) atoms. The van der Waals surface area contributed by atoms with Crippen LogP contribution in [0.25, 0.3) is 0 Å². The van der Waals surface area contributed by atoms with Gasteiger partial charge in [0.25, 0.3) is 0 Å². The van der Waals surface area contributed by atoms with Gasteiger partial charge in [0, 0.05) is 6.42 Å². The zero-order chi connectivity index (χ0) is 13.5. The molecule has 4 heteroatoms. The van der Waals surface area contributed by atoms with Crippen LogP contribution in [0.1, 0.15) is 31.2 Å². The summed E-state index contributed by atoms with van der Waals surface area (Å²) in [5.74, 6) is 2.23. The Balaban J connectivity index is 1.78. The van der Waals surface area contributed by atoms with Gasteiger partial charge in [0.15, 0.2) is 11.5 Å². The smallest absolute Gasteiger partial charge is 0.175 e. The summed E-state index contributed by atoms with van der Waals surface area (Å²) in [5.41, 5.74) is 0.600. The number of methoxy groups -OCH3 is 1. The van der Waals surface area contributed by atoms with E-state index < -0.39 is 5.60 Å². The van der Waals surface area contributed by atoms with Gasteiger partial charge in [-0.1, -0.05) is 0 Å². The lowest BCUT2D eigenvalue weighted by Gasteiger charge is -2.15. The molecule has 2 aliphatic carbocycles. The highest BCUT2D eigenvalue weighted by Crippen LogP contribution is 2.42. The number of rotatable bonds is 6. The van der Waals surface area contributed by atoms with Gasteiger partial charge in [-0.25, -0.2) is 0 Å². The van der Waals surface area contributed by atoms with Crippen molar-refractivity contribution >= 4 is 15.9 Å². The monoisotopic (exact) mass is 326 g/mol. The highest BCUT2D eigenvalue weighted by Gasteiger charge is 2.40. The lowest BCUT2D eigenvalue weighted by Crippen LogP contribution is -2.11. The van der Waals surface area contributed by atoms with E-state index in [0.29, 0.717) is 12.3 Å². The van der Waals surface area contributed by atoms with Gasteiger partial charge in [0.1, 0.15) is 0 Å².